The summed E-state index contributed by atoms with van der Waals surface area (Å²) in [4.78, 5) is 5.54. The van der Waals surface area contributed by atoms with E-state index in [9.17, 15) is 0 Å². The van der Waals surface area contributed by atoms with Crippen molar-refractivity contribution in [2.45, 2.75) is 40.2 Å². The summed E-state index contributed by atoms with van der Waals surface area (Å²) >= 11 is 1.73. The van der Waals surface area contributed by atoms with Gasteiger partial charge >= 0.3 is 0 Å². The van der Waals surface area contributed by atoms with Crippen LogP contribution in [-0.4, -0.2) is 4.98 Å². The lowest BCUT2D eigenvalue weighted by Crippen LogP contribution is -2.08. The number of thiazole rings is 1. The van der Waals surface area contributed by atoms with E-state index < -0.39 is 0 Å². The molecule has 0 spiro atoms. The molecule has 0 aliphatic heterocycles. The Hall–Kier alpha value is -0.410. The third-order valence-corrected chi connectivity index (χ3v) is 2.90. The van der Waals surface area contributed by atoms with Crippen LogP contribution in [0.2, 0.25) is 0 Å². The number of nitrogens with zero attached hydrogens (tertiary/aromatic N) is 1. The van der Waals surface area contributed by atoms with Crippen LogP contribution in [0.25, 0.3) is 0 Å². The van der Waals surface area contributed by atoms with E-state index in [1.807, 2.05) is 13.1 Å². The van der Waals surface area contributed by atoms with Crippen molar-refractivity contribution in [3.63, 3.8) is 0 Å². The molecule has 0 amide bonds. The molecule has 1 rings (SSSR count). The van der Waals surface area contributed by atoms with E-state index in [1.54, 1.807) is 11.3 Å². The second-order valence-electron chi connectivity index (χ2n) is 4.68. The van der Waals surface area contributed by atoms with E-state index in [4.69, 9.17) is 5.73 Å². The van der Waals surface area contributed by atoms with Gasteiger partial charge in [0.25, 0.3) is 0 Å². The van der Waals surface area contributed by atoms with Crippen LogP contribution < -0.4 is 5.73 Å². The first-order chi connectivity index (χ1) is 5.88. The third-order valence-electron chi connectivity index (χ3n) is 1.70. The van der Waals surface area contributed by atoms with Gasteiger partial charge in [-0.15, -0.1) is 11.3 Å². The Labute approximate surface area is 84.2 Å². The Morgan fingerprint density at radius 2 is 2.15 bits per heavy atom. The molecule has 1 heterocycles. The molecule has 0 aliphatic carbocycles. The zero-order valence-electron chi connectivity index (χ0n) is 8.79. The standard InChI is InChI=1S/C10H18N2S/c1-7(11)8-6-12-9(13-8)5-10(2,3)4/h6-7H,5,11H2,1-4H3. The number of aromatic nitrogens is 1. The molecular formula is C10H18N2S. The van der Waals surface area contributed by atoms with E-state index in [0.29, 0.717) is 5.41 Å². The van der Waals surface area contributed by atoms with Crippen LogP contribution in [0.3, 0.4) is 0 Å². The van der Waals surface area contributed by atoms with Gasteiger partial charge in [-0.2, -0.15) is 0 Å². The Bertz CT molecular complexity index is 271. The highest BCUT2D eigenvalue weighted by molar-refractivity contribution is 7.11. The van der Waals surface area contributed by atoms with Crippen LogP contribution in [0.15, 0.2) is 6.20 Å². The van der Waals surface area contributed by atoms with Crippen molar-refractivity contribution in [3.8, 4) is 0 Å². The maximum Gasteiger partial charge on any atom is 0.0933 e. The number of hydrogen-bond donors (Lipinski definition) is 1. The van der Waals surface area contributed by atoms with Gasteiger partial charge in [0.2, 0.25) is 0 Å². The van der Waals surface area contributed by atoms with Gasteiger partial charge in [-0.1, -0.05) is 20.8 Å². The van der Waals surface area contributed by atoms with Gasteiger partial charge in [-0.3, -0.25) is 0 Å². The Balaban J connectivity index is 2.70. The SMILES string of the molecule is CC(N)c1cnc(CC(C)(C)C)s1. The molecule has 0 bridgehead atoms. The summed E-state index contributed by atoms with van der Waals surface area (Å²) in [6.07, 6.45) is 2.93. The summed E-state index contributed by atoms with van der Waals surface area (Å²) in [6.45, 7) is 8.66. The molecule has 1 aromatic rings. The predicted molar refractivity (Wildman–Crippen MR) is 57.9 cm³/mol. The topological polar surface area (TPSA) is 38.9 Å². The Morgan fingerprint density at radius 3 is 2.54 bits per heavy atom. The molecule has 1 atom stereocenters. The summed E-state index contributed by atoms with van der Waals surface area (Å²) in [7, 11) is 0. The lowest BCUT2D eigenvalue weighted by Gasteiger charge is -2.15. The lowest BCUT2D eigenvalue weighted by atomic mass is 9.93. The summed E-state index contributed by atoms with van der Waals surface area (Å²) in [5.41, 5.74) is 6.07. The van der Waals surface area contributed by atoms with Crippen LogP contribution in [0.5, 0.6) is 0 Å². The maximum atomic E-state index is 5.76. The van der Waals surface area contributed by atoms with Crippen LogP contribution in [0.4, 0.5) is 0 Å². The third kappa shape index (κ3) is 3.44. The Kier molecular flexibility index (Phi) is 3.09. The molecule has 0 aliphatic rings. The predicted octanol–water partition coefficient (Wildman–Crippen LogP) is 2.75. The quantitative estimate of drug-likeness (QED) is 0.793. The number of rotatable bonds is 2. The van der Waals surface area contributed by atoms with E-state index >= 15 is 0 Å². The molecule has 0 saturated carbocycles. The molecule has 3 heteroatoms. The van der Waals surface area contributed by atoms with E-state index in [0.717, 1.165) is 6.42 Å². The van der Waals surface area contributed by atoms with Gasteiger partial charge in [0.05, 0.1) is 5.01 Å². The van der Waals surface area contributed by atoms with Gasteiger partial charge in [0.1, 0.15) is 0 Å². The maximum absolute atomic E-state index is 5.76. The fourth-order valence-corrected chi connectivity index (χ4v) is 2.24. The summed E-state index contributed by atoms with van der Waals surface area (Å²) in [5.74, 6) is 0. The molecule has 1 unspecified atom stereocenters. The molecule has 74 valence electrons. The van der Waals surface area contributed by atoms with Gasteiger partial charge in [0, 0.05) is 23.5 Å². The molecule has 1 aromatic heterocycles. The van der Waals surface area contributed by atoms with Crippen LogP contribution in [0, 0.1) is 5.41 Å². The molecule has 0 aromatic carbocycles. The first-order valence-corrected chi connectivity index (χ1v) is 5.40. The minimum atomic E-state index is 0.117. The molecular weight excluding hydrogens is 180 g/mol. The normalized spacial score (nSPS) is 14.5. The summed E-state index contributed by atoms with van der Waals surface area (Å²) in [6, 6.07) is 0.117. The molecule has 0 fully saturated rings. The first-order valence-electron chi connectivity index (χ1n) is 4.59. The van der Waals surface area contributed by atoms with Crippen molar-refractivity contribution < 1.29 is 0 Å². The summed E-state index contributed by atoms with van der Waals surface area (Å²) < 4.78 is 0. The average molecular weight is 198 g/mol. The van der Waals surface area contributed by atoms with Gasteiger partial charge < -0.3 is 5.73 Å². The molecule has 0 saturated heterocycles. The zero-order valence-corrected chi connectivity index (χ0v) is 9.61. The molecule has 2 N–H and O–H groups in total. The smallest absolute Gasteiger partial charge is 0.0933 e. The van der Waals surface area contributed by atoms with Crippen LogP contribution >= 0.6 is 11.3 Å². The fourth-order valence-electron chi connectivity index (χ4n) is 1.07. The highest BCUT2D eigenvalue weighted by Crippen LogP contribution is 2.25. The second kappa shape index (κ2) is 3.76. The molecule has 2 nitrogen and oxygen atoms in total. The molecule has 13 heavy (non-hydrogen) atoms. The van der Waals surface area contributed by atoms with Crippen molar-refractivity contribution in [2.75, 3.05) is 0 Å². The van der Waals surface area contributed by atoms with Crippen LogP contribution in [-0.2, 0) is 6.42 Å². The summed E-state index contributed by atoms with van der Waals surface area (Å²) in [5, 5.41) is 1.19. The van der Waals surface area contributed by atoms with Crippen molar-refractivity contribution in [2.24, 2.45) is 11.1 Å². The number of hydrogen-bond acceptors (Lipinski definition) is 3. The second-order valence-corrected chi connectivity index (χ2v) is 5.83. The lowest BCUT2D eigenvalue weighted by molar-refractivity contribution is 0.410. The minimum Gasteiger partial charge on any atom is -0.323 e. The monoisotopic (exact) mass is 198 g/mol. The average Bonchev–Trinajstić information content (AvgIpc) is 2.31. The largest absolute Gasteiger partial charge is 0.323 e. The fraction of sp³-hybridized carbons (Fsp3) is 0.700. The van der Waals surface area contributed by atoms with Gasteiger partial charge in [0.15, 0.2) is 0 Å². The number of nitrogens with two attached hydrogens (primary N) is 1. The highest BCUT2D eigenvalue weighted by Gasteiger charge is 2.14. The van der Waals surface area contributed by atoms with Crippen LogP contribution in [0.1, 0.15) is 43.6 Å². The van der Waals surface area contributed by atoms with Crippen molar-refractivity contribution >= 4 is 11.3 Å². The van der Waals surface area contributed by atoms with E-state index in [2.05, 4.69) is 25.8 Å². The van der Waals surface area contributed by atoms with Crippen molar-refractivity contribution in [1.29, 1.82) is 0 Å². The van der Waals surface area contributed by atoms with E-state index in [1.165, 1.54) is 9.88 Å². The van der Waals surface area contributed by atoms with E-state index in [-0.39, 0.29) is 6.04 Å². The zero-order chi connectivity index (χ0) is 10.1. The van der Waals surface area contributed by atoms with Crippen molar-refractivity contribution in [3.05, 3.63) is 16.1 Å². The minimum absolute atomic E-state index is 0.117. The van der Waals surface area contributed by atoms with Gasteiger partial charge in [-0.25, -0.2) is 4.98 Å². The molecule has 0 radical (unpaired) electrons. The highest BCUT2D eigenvalue weighted by atomic mass is 32.1. The van der Waals surface area contributed by atoms with Crippen molar-refractivity contribution in [1.82, 2.24) is 4.98 Å². The van der Waals surface area contributed by atoms with Gasteiger partial charge in [-0.05, 0) is 12.3 Å². The Morgan fingerprint density at radius 1 is 1.54 bits per heavy atom. The first kappa shape index (κ1) is 10.7.